The second-order valence-electron chi connectivity index (χ2n) is 5.24. The number of amides is 2. The highest BCUT2D eigenvalue weighted by Gasteiger charge is 2.49. The molecule has 5 heteroatoms. The van der Waals surface area contributed by atoms with E-state index < -0.39 is 5.54 Å². The summed E-state index contributed by atoms with van der Waals surface area (Å²) in [5, 5.41) is 2.94. The molecule has 0 radical (unpaired) electrons. The van der Waals surface area contributed by atoms with E-state index in [1.54, 1.807) is 0 Å². The van der Waals surface area contributed by atoms with Crippen LogP contribution in [0, 0.1) is 0 Å². The Balaban J connectivity index is 2.97. The molecule has 1 aliphatic rings. The van der Waals surface area contributed by atoms with Crippen LogP contribution in [0.1, 0.15) is 53.4 Å². The van der Waals surface area contributed by atoms with E-state index in [-0.39, 0.29) is 17.9 Å². The zero-order valence-electron chi connectivity index (χ0n) is 13.2. The van der Waals surface area contributed by atoms with E-state index in [9.17, 15) is 9.59 Å². The van der Waals surface area contributed by atoms with Gasteiger partial charge in [-0.2, -0.15) is 11.8 Å². The van der Waals surface area contributed by atoms with Crippen LogP contribution < -0.4 is 5.32 Å². The Hall–Kier alpha value is -0.710. The molecule has 0 spiro atoms. The number of thioether (sulfide) groups is 1. The van der Waals surface area contributed by atoms with Crippen LogP contribution in [0.4, 0.5) is 0 Å². The quantitative estimate of drug-likeness (QED) is 0.700. The maximum atomic E-state index is 12.7. The number of piperazine rings is 1. The molecule has 1 unspecified atom stereocenters. The molecule has 0 bridgehead atoms. The Kier molecular flexibility index (Phi) is 6.86. The van der Waals surface area contributed by atoms with Gasteiger partial charge in [-0.1, -0.05) is 34.1 Å². The van der Waals surface area contributed by atoms with E-state index in [2.05, 4.69) is 12.2 Å². The lowest BCUT2D eigenvalue weighted by molar-refractivity contribution is -0.158. The monoisotopic (exact) mass is 300 g/mol. The summed E-state index contributed by atoms with van der Waals surface area (Å²) in [5.74, 6) is 2.07. The van der Waals surface area contributed by atoms with Crippen LogP contribution in [0.5, 0.6) is 0 Å². The fourth-order valence-corrected chi connectivity index (χ4v) is 3.54. The van der Waals surface area contributed by atoms with Crippen molar-refractivity contribution >= 4 is 23.6 Å². The zero-order valence-corrected chi connectivity index (χ0v) is 14.0. The number of hydrogen-bond donors (Lipinski definition) is 1. The minimum atomic E-state index is -0.643. The molecular weight excluding hydrogens is 272 g/mol. The largest absolute Gasteiger partial charge is 0.342 e. The van der Waals surface area contributed by atoms with Crippen LogP contribution in [0.25, 0.3) is 0 Å². The lowest BCUT2D eigenvalue weighted by atomic mass is 9.85. The Morgan fingerprint density at radius 1 is 1.20 bits per heavy atom. The van der Waals surface area contributed by atoms with Gasteiger partial charge in [0.1, 0.15) is 11.6 Å². The average molecular weight is 300 g/mol. The first kappa shape index (κ1) is 17.3. The first-order chi connectivity index (χ1) is 9.57. The first-order valence-electron chi connectivity index (χ1n) is 7.77. The van der Waals surface area contributed by atoms with Crippen molar-refractivity contribution in [3.63, 3.8) is 0 Å². The Morgan fingerprint density at radius 2 is 1.85 bits per heavy atom. The van der Waals surface area contributed by atoms with Gasteiger partial charge in [0.2, 0.25) is 11.8 Å². The van der Waals surface area contributed by atoms with Crippen LogP contribution in [-0.2, 0) is 9.59 Å². The maximum Gasteiger partial charge on any atom is 0.246 e. The molecule has 1 atom stereocenters. The van der Waals surface area contributed by atoms with Gasteiger partial charge >= 0.3 is 0 Å². The smallest absolute Gasteiger partial charge is 0.246 e. The number of carbonyl (C=O) groups excluding carboxylic acids is 2. The van der Waals surface area contributed by atoms with Crippen molar-refractivity contribution in [2.45, 2.75) is 65.0 Å². The Bertz CT molecular complexity index is 343. The van der Waals surface area contributed by atoms with Crippen molar-refractivity contribution in [2.24, 2.45) is 0 Å². The standard InChI is InChI=1S/C15H28N2O2S/c1-5-9-12-13(18)17(10-11-20-8-4)15(6-2,7-3)14(19)16-12/h12H,5-11H2,1-4H3,(H,16,19). The molecule has 20 heavy (non-hydrogen) atoms. The summed E-state index contributed by atoms with van der Waals surface area (Å²) in [7, 11) is 0. The molecule has 0 aromatic carbocycles. The SMILES string of the molecule is CCCC1NC(=O)C(CC)(CC)N(CCSCC)C1=O. The maximum absolute atomic E-state index is 12.7. The van der Waals surface area contributed by atoms with E-state index in [0.717, 1.165) is 24.3 Å². The topological polar surface area (TPSA) is 49.4 Å². The predicted molar refractivity (Wildman–Crippen MR) is 84.9 cm³/mol. The second-order valence-corrected chi connectivity index (χ2v) is 6.63. The number of carbonyl (C=O) groups is 2. The molecule has 1 N–H and O–H groups in total. The van der Waals surface area contributed by atoms with Gasteiger partial charge in [-0.05, 0) is 25.0 Å². The molecule has 116 valence electrons. The molecule has 2 amide bonds. The normalized spacial score (nSPS) is 22.0. The lowest BCUT2D eigenvalue weighted by Crippen LogP contribution is -2.70. The Morgan fingerprint density at radius 3 is 2.35 bits per heavy atom. The molecule has 1 rings (SSSR count). The zero-order chi connectivity index (χ0) is 15.2. The van der Waals surface area contributed by atoms with E-state index >= 15 is 0 Å². The van der Waals surface area contributed by atoms with Crippen molar-refractivity contribution in [1.82, 2.24) is 10.2 Å². The summed E-state index contributed by atoms with van der Waals surface area (Å²) < 4.78 is 0. The number of nitrogens with zero attached hydrogens (tertiary/aromatic N) is 1. The number of rotatable bonds is 8. The van der Waals surface area contributed by atoms with E-state index in [4.69, 9.17) is 0 Å². The molecule has 0 aromatic rings. The molecule has 1 heterocycles. The third kappa shape index (κ3) is 3.30. The van der Waals surface area contributed by atoms with E-state index in [1.807, 2.05) is 37.4 Å². The number of nitrogens with one attached hydrogen (secondary N) is 1. The first-order valence-corrected chi connectivity index (χ1v) is 8.92. The van der Waals surface area contributed by atoms with Gasteiger partial charge in [0, 0.05) is 12.3 Å². The van der Waals surface area contributed by atoms with E-state index in [1.165, 1.54) is 0 Å². The third-order valence-corrected chi connectivity index (χ3v) is 5.10. The lowest BCUT2D eigenvalue weighted by Gasteiger charge is -2.47. The fourth-order valence-electron chi connectivity index (χ4n) is 2.94. The van der Waals surface area contributed by atoms with Gasteiger partial charge in [0.05, 0.1) is 0 Å². The number of hydrogen-bond acceptors (Lipinski definition) is 3. The molecule has 4 nitrogen and oxygen atoms in total. The molecule has 1 fully saturated rings. The van der Waals surface area contributed by atoms with Crippen LogP contribution in [0.15, 0.2) is 0 Å². The molecule has 0 aromatic heterocycles. The molecular formula is C15H28N2O2S. The minimum Gasteiger partial charge on any atom is -0.342 e. The summed E-state index contributed by atoms with van der Waals surface area (Å²) in [4.78, 5) is 27.1. The summed E-state index contributed by atoms with van der Waals surface area (Å²) in [6.07, 6.45) is 2.98. The van der Waals surface area contributed by atoms with E-state index in [0.29, 0.717) is 19.4 Å². The molecule has 1 saturated heterocycles. The van der Waals surface area contributed by atoms with Gasteiger partial charge < -0.3 is 10.2 Å². The van der Waals surface area contributed by atoms with Crippen molar-refractivity contribution in [3.05, 3.63) is 0 Å². The third-order valence-electron chi connectivity index (χ3n) is 4.22. The van der Waals surface area contributed by atoms with Gasteiger partial charge in [-0.15, -0.1) is 0 Å². The van der Waals surface area contributed by atoms with Crippen LogP contribution >= 0.6 is 11.8 Å². The molecule has 1 aliphatic heterocycles. The predicted octanol–water partition coefficient (Wildman–Crippen LogP) is 2.43. The molecule has 0 aliphatic carbocycles. The highest BCUT2D eigenvalue weighted by molar-refractivity contribution is 7.99. The van der Waals surface area contributed by atoms with Gasteiger partial charge in [0.15, 0.2) is 0 Å². The molecule has 0 saturated carbocycles. The van der Waals surface area contributed by atoms with Crippen LogP contribution in [-0.4, -0.2) is 46.3 Å². The fraction of sp³-hybridized carbons (Fsp3) is 0.867. The Labute approximate surface area is 127 Å². The highest BCUT2D eigenvalue weighted by Crippen LogP contribution is 2.30. The van der Waals surface area contributed by atoms with Crippen molar-refractivity contribution in [1.29, 1.82) is 0 Å². The van der Waals surface area contributed by atoms with Gasteiger partial charge in [-0.3, -0.25) is 9.59 Å². The summed E-state index contributed by atoms with van der Waals surface area (Å²) in [6.45, 7) is 8.82. The highest BCUT2D eigenvalue weighted by atomic mass is 32.2. The van der Waals surface area contributed by atoms with Gasteiger partial charge in [-0.25, -0.2) is 0 Å². The van der Waals surface area contributed by atoms with Gasteiger partial charge in [0.25, 0.3) is 0 Å². The second kappa shape index (κ2) is 7.91. The van der Waals surface area contributed by atoms with Crippen molar-refractivity contribution < 1.29 is 9.59 Å². The summed E-state index contributed by atoms with van der Waals surface area (Å²) >= 11 is 1.82. The van der Waals surface area contributed by atoms with Crippen LogP contribution in [0.2, 0.25) is 0 Å². The van der Waals surface area contributed by atoms with Crippen molar-refractivity contribution in [3.8, 4) is 0 Å². The minimum absolute atomic E-state index is 0.0297. The summed E-state index contributed by atoms with van der Waals surface area (Å²) in [6, 6.07) is -0.328. The van der Waals surface area contributed by atoms with Crippen LogP contribution in [0.3, 0.4) is 0 Å². The van der Waals surface area contributed by atoms with Crippen molar-refractivity contribution in [2.75, 3.05) is 18.1 Å². The summed E-state index contributed by atoms with van der Waals surface area (Å²) in [5.41, 5.74) is -0.643. The average Bonchev–Trinajstić information content (AvgIpc) is 2.45.